The van der Waals surface area contributed by atoms with Crippen LogP contribution >= 0.6 is 0 Å². The van der Waals surface area contributed by atoms with Crippen LogP contribution in [-0.4, -0.2) is 18.0 Å². The molecule has 0 heterocycles. The third kappa shape index (κ3) is 8.34. The molecule has 0 saturated heterocycles. The molecule has 1 rings (SSSR count). The van der Waals surface area contributed by atoms with Crippen LogP contribution in [0.3, 0.4) is 0 Å². The summed E-state index contributed by atoms with van der Waals surface area (Å²) in [5.74, 6) is 0. The first-order valence-electron chi connectivity index (χ1n) is 13.1. The van der Waals surface area contributed by atoms with E-state index in [4.69, 9.17) is 0 Å². The third-order valence-corrected chi connectivity index (χ3v) is 7.40. The Morgan fingerprint density at radius 3 is 1.85 bits per heavy atom. The Hall–Kier alpha value is -1.50. The van der Waals surface area contributed by atoms with E-state index < -0.39 is 0 Å². The number of hydrogen-bond acceptors (Lipinski definition) is 1. The normalized spacial score (nSPS) is 17.3. The van der Waals surface area contributed by atoms with Crippen LogP contribution in [0.25, 0.3) is 0 Å². The highest BCUT2D eigenvalue weighted by Crippen LogP contribution is 2.40. The van der Waals surface area contributed by atoms with Crippen molar-refractivity contribution < 1.29 is 0 Å². The molecule has 0 aromatic rings. The summed E-state index contributed by atoms with van der Waals surface area (Å²) in [6.07, 6.45) is 14.2. The Morgan fingerprint density at radius 2 is 1.45 bits per heavy atom. The van der Waals surface area contributed by atoms with Crippen LogP contribution in [0.1, 0.15) is 110 Å². The van der Waals surface area contributed by atoms with Crippen molar-refractivity contribution in [1.29, 1.82) is 0 Å². The van der Waals surface area contributed by atoms with Gasteiger partial charge in [-0.1, -0.05) is 113 Å². The lowest BCUT2D eigenvalue weighted by molar-refractivity contribution is 0.340. The fourth-order valence-electron chi connectivity index (χ4n) is 4.09. The summed E-state index contributed by atoms with van der Waals surface area (Å²) in [5.41, 5.74) is 7.94. The van der Waals surface area contributed by atoms with Gasteiger partial charge in [-0.2, -0.15) is 0 Å². The number of hydrogen-bond donors (Lipinski definition) is 0. The smallest absolute Gasteiger partial charge is 0.0394 e. The molecule has 188 valence electrons. The Labute approximate surface area is 207 Å². The van der Waals surface area contributed by atoms with E-state index in [1.54, 1.807) is 0 Å². The molecule has 33 heavy (non-hydrogen) atoms. The highest BCUT2D eigenvalue weighted by molar-refractivity contribution is 5.40. The minimum atomic E-state index is 0.117. The molecular formula is C32H55N. The van der Waals surface area contributed by atoms with Crippen LogP contribution < -0.4 is 0 Å². The second-order valence-corrected chi connectivity index (χ2v) is 13.5. The van der Waals surface area contributed by atoms with Crippen LogP contribution in [0.4, 0.5) is 0 Å². The largest absolute Gasteiger partial charge is 0.371 e. The van der Waals surface area contributed by atoms with E-state index in [0.717, 1.165) is 25.9 Å². The molecule has 0 aromatic heterocycles. The van der Waals surface area contributed by atoms with E-state index in [0.29, 0.717) is 0 Å². The van der Waals surface area contributed by atoms with Crippen LogP contribution in [0.2, 0.25) is 0 Å². The zero-order valence-electron chi connectivity index (χ0n) is 24.7. The quantitative estimate of drug-likeness (QED) is 0.347. The van der Waals surface area contributed by atoms with Crippen molar-refractivity contribution in [3.63, 3.8) is 0 Å². The summed E-state index contributed by atoms with van der Waals surface area (Å²) in [6.45, 7) is 34.6. The predicted octanol–water partition coefficient (Wildman–Crippen LogP) is 9.90. The highest BCUT2D eigenvalue weighted by atomic mass is 15.1. The molecule has 0 aliphatic heterocycles. The highest BCUT2D eigenvalue weighted by Gasteiger charge is 2.28. The van der Waals surface area contributed by atoms with Crippen LogP contribution in [-0.2, 0) is 0 Å². The fourth-order valence-corrected chi connectivity index (χ4v) is 4.09. The van der Waals surface area contributed by atoms with Gasteiger partial charge in [0.1, 0.15) is 0 Å². The molecule has 0 N–H and O–H groups in total. The lowest BCUT2D eigenvalue weighted by Crippen LogP contribution is -2.30. The lowest BCUT2D eigenvalue weighted by atomic mass is 9.77. The summed E-state index contributed by atoms with van der Waals surface area (Å²) in [6, 6.07) is 0. The lowest BCUT2D eigenvalue weighted by Gasteiger charge is -2.35. The zero-order valence-corrected chi connectivity index (χ0v) is 24.7. The molecule has 0 unspecified atom stereocenters. The van der Waals surface area contributed by atoms with Gasteiger partial charge in [0.2, 0.25) is 0 Å². The molecule has 0 amide bonds. The van der Waals surface area contributed by atoms with Gasteiger partial charge in [-0.05, 0) is 64.7 Å². The Kier molecular flexibility index (Phi) is 9.69. The van der Waals surface area contributed by atoms with Crippen molar-refractivity contribution in [3.05, 3.63) is 58.4 Å². The topological polar surface area (TPSA) is 3.24 Å². The molecule has 0 spiro atoms. The minimum absolute atomic E-state index is 0.117. The maximum Gasteiger partial charge on any atom is 0.0394 e. The average molecular weight is 454 g/mol. The van der Waals surface area contributed by atoms with Crippen LogP contribution in [0.5, 0.6) is 0 Å². The van der Waals surface area contributed by atoms with Crippen molar-refractivity contribution in [2.45, 2.75) is 110 Å². The number of rotatable bonds is 7. The van der Waals surface area contributed by atoms with Gasteiger partial charge in [0, 0.05) is 25.2 Å². The second kappa shape index (κ2) is 10.8. The maximum atomic E-state index is 2.60. The van der Waals surface area contributed by atoms with Gasteiger partial charge >= 0.3 is 0 Å². The van der Waals surface area contributed by atoms with Gasteiger partial charge in [0.05, 0.1) is 0 Å². The van der Waals surface area contributed by atoms with E-state index in [9.17, 15) is 0 Å². The Balaban J connectivity index is 3.52. The molecule has 1 aliphatic carbocycles. The first kappa shape index (κ1) is 29.5. The standard InChI is InChI=1S/C32H55N/c1-15-24(29(4,5)6)20-27(31(10,11)12)23-33(17-3)28-19-18-25(32(13,14)16-2)21-26(22-28)30(7,8)9/h15,18-21H,16-17,22-23H2,1-14H3/b24-15+,27-20+. The molecule has 1 aliphatic rings. The zero-order chi connectivity index (χ0) is 25.8. The summed E-state index contributed by atoms with van der Waals surface area (Å²) >= 11 is 0. The van der Waals surface area contributed by atoms with Crippen molar-refractivity contribution in [2.24, 2.45) is 21.7 Å². The Morgan fingerprint density at radius 1 is 0.879 bits per heavy atom. The third-order valence-electron chi connectivity index (χ3n) is 7.40. The molecule has 0 bridgehead atoms. The molecule has 0 atom stereocenters. The van der Waals surface area contributed by atoms with Crippen LogP contribution in [0.15, 0.2) is 58.4 Å². The van der Waals surface area contributed by atoms with E-state index >= 15 is 0 Å². The predicted molar refractivity (Wildman–Crippen MR) is 150 cm³/mol. The van der Waals surface area contributed by atoms with Gasteiger partial charge in [0.15, 0.2) is 0 Å². The van der Waals surface area contributed by atoms with Crippen LogP contribution in [0, 0.1) is 21.7 Å². The summed E-state index contributed by atoms with van der Waals surface area (Å²) < 4.78 is 0. The van der Waals surface area contributed by atoms with E-state index in [1.807, 2.05) is 0 Å². The first-order valence-corrected chi connectivity index (χ1v) is 13.1. The number of allylic oxidation sites excluding steroid dienone is 8. The summed E-state index contributed by atoms with van der Waals surface area (Å²) in [4.78, 5) is 2.60. The molecular weight excluding hydrogens is 398 g/mol. The van der Waals surface area contributed by atoms with E-state index in [-0.39, 0.29) is 21.7 Å². The second-order valence-electron chi connectivity index (χ2n) is 13.5. The molecule has 0 radical (unpaired) electrons. The Bertz CT molecular complexity index is 817. The molecule has 0 aromatic carbocycles. The summed E-state index contributed by atoms with van der Waals surface area (Å²) in [7, 11) is 0. The molecule has 0 saturated carbocycles. The minimum Gasteiger partial charge on any atom is -0.371 e. The fraction of sp³-hybridized carbons (Fsp3) is 0.688. The van der Waals surface area contributed by atoms with Crippen molar-refractivity contribution >= 4 is 0 Å². The van der Waals surface area contributed by atoms with Gasteiger partial charge in [-0.15, -0.1) is 0 Å². The number of likely N-dealkylation sites (N-methyl/N-ethyl adjacent to an activating group) is 1. The van der Waals surface area contributed by atoms with Gasteiger partial charge in [0.25, 0.3) is 0 Å². The van der Waals surface area contributed by atoms with Crippen molar-refractivity contribution in [3.8, 4) is 0 Å². The van der Waals surface area contributed by atoms with Gasteiger partial charge < -0.3 is 4.90 Å². The maximum absolute atomic E-state index is 2.60. The van der Waals surface area contributed by atoms with E-state index in [2.05, 4.69) is 132 Å². The van der Waals surface area contributed by atoms with Crippen molar-refractivity contribution in [2.75, 3.05) is 13.1 Å². The first-order chi connectivity index (χ1) is 14.9. The monoisotopic (exact) mass is 453 g/mol. The SMILES string of the molecule is C/C=C(\C=C(/CN(CC)C1=CC=C(C(C)(C)CC)C=C(C(C)(C)C)C1)C(C)(C)C)C(C)(C)C. The molecule has 1 heteroatoms. The van der Waals surface area contributed by atoms with Gasteiger partial charge in [-0.25, -0.2) is 0 Å². The number of nitrogens with zero attached hydrogens (tertiary/aromatic N) is 1. The van der Waals surface area contributed by atoms with Gasteiger partial charge in [-0.3, -0.25) is 0 Å². The average Bonchev–Trinajstić information content (AvgIpc) is 2.90. The molecule has 0 fully saturated rings. The van der Waals surface area contributed by atoms with E-state index in [1.165, 1.54) is 28.0 Å². The molecule has 1 nitrogen and oxygen atoms in total. The van der Waals surface area contributed by atoms with Crippen molar-refractivity contribution in [1.82, 2.24) is 4.90 Å². The summed E-state index contributed by atoms with van der Waals surface area (Å²) in [5, 5.41) is 0.